The predicted molar refractivity (Wildman–Crippen MR) is 81.8 cm³/mol. The lowest BCUT2D eigenvalue weighted by Gasteiger charge is -2.20. The molecule has 1 rings (SSSR count). The van der Waals surface area contributed by atoms with Crippen LogP contribution < -0.4 is 10.5 Å². The Morgan fingerprint density at radius 3 is 2.26 bits per heavy atom. The molecule has 0 aliphatic heterocycles. The van der Waals surface area contributed by atoms with Gasteiger partial charge in [0.1, 0.15) is 5.75 Å². The van der Waals surface area contributed by atoms with Crippen molar-refractivity contribution in [2.24, 2.45) is 11.7 Å². The zero-order valence-electron chi connectivity index (χ0n) is 12.3. The molecule has 0 fully saturated rings. The second kappa shape index (κ2) is 7.65. The van der Waals surface area contributed by atoms with E-state index in [2.05, 4.69) is 13.8 Å². The summed E-state index contributed by atoms with van der Waals surface area (Å²) in [4.78, 5) is 0. The maximum Gasteiger partial charge on any atom is 0.118 e. The van der Waals surface area contributed by atoms with Crippen LogP contribution in [0.25, 0.3) is 0 Å². The molecule has 0 amide bonds. The summed E-state index contributed by atoms with van der Waals surface area (Å²) in [6, 6.07) is 7.47. The van der Waals surface area contributed by atoms with Gasteiger partial charge in [0.15, 0.2) is 0 Å². The molecule has 0 aliphatic rings. The van der Waals surface area contributed by atoms with Gasteiger partial charge in [-0.25, -0.2) is 0 Å². The van der Waals surface area contributed by atoms with Crippen LogP contribution in [0.5, 0.6) is 5.75 Å². The molecule has 2 N–H and O–H groups in total. The molecule has 4 heteroatoms. The van der Waals surface area contributed by atoms with E-state index in [1.165, 1.54) is 0 Å². The molecule has 0 saturated heterocycles. The second-order valence-corrected chi connectivity index (χ2v) is 7.18. The summed E-state index contributed by atoms with van der Waals surface area (Å²) in [5, 5.41) is -0.0351. The zero-order chi connectivity index (χ0) is 14.4. The van der Waals surface area contributed by atoms with E-state index < -0.39 is 10.8 Å². The van der Waals surface area contributed by atoms with Gasteiger partial charge in [-0.15, -0.1) is 0 Å². The first-order valence-corrected chi connectivity index (χ1v) is 8.10. The molecule has 1 aromatic carbocycles. The van der Waals surface area contributed by atoms with E-state index in [1.807, 2.05) is 31.2 Å². The maximum atomic E-state index is 12.2. The average molecular weight is 283 g/mol. The van der Waals surface area contributed by atoms with Crippen molar-refractivity contribution in [3.05, 3.63) is 29.8 Å². The molecular formula is C15H25NO2S. The average Bonchev–Trinajstić information content (AvgIpc) is 2.43. The summed E-state index contributed by atoms with van der Waals surface area (Å²) in [5.41, 5.74) is 7.21. The highest BCUT2D eigenvalue weighted by Crippen LogP contribution is 2.21. The first-order chi connectivity index (χ1) is 8.95. The Morgan fingerprint density at radius 2 is 1.79 bits per heavy atom. The van der Waals surface area contributed by atoms with E-state index in [-0.39, 0.29) is 11.3 Å². The van der Waals surface area contributed by atoms with Crippen LogP contribution in [0.4, 0.5) is 0 Å². The van der Waals surface area contributed by atoms with E-state index in [9.17, 15) is 4.21 Å². The van der Waals surface area contributed by atoms with E-state index >= 15 is 0 Å². The number of hydrogen-bond acceptors (Lipinski definition) is 3. The topological polar surface area (TPSA) is 52.3 Å². The van der Waals surface area contributed by atoms with Gasteiger partial charge in [0.25, 0.3) is 0 Å². The van der Waals surface area contributed by atoms with Gasteiger partial charge in [-0.1, -0.05) is 26.0 Å². The number of rotatable bonds is 7. The third kappa shape index (κ3) is 4.96. The minimum Gasteiger partial charge on any atom is -0.497 e. The minimum absolute atomic E-state index is 0.0351. The highest BCUT2D eigenvalue weighted by molar-refractivity contribution is 7.85. The van der Waals surface area contributed by atoms with E-state index in [0.29, 0.717) is 5.92 Å². The van der Waals surface area contributed by atoms with Crippen LogP contribution in [-0.2, 0) is 10.8 Å². The molecule has 108 valence electrons. The first kappa shape index (κ1) is 16.2. The zero-order valence-corrected chi connectivity index (χ0v) is 13.1. The van der Waals surface area contributed by atoms with Gasteiger partial charge in [-0.05, 0) is 37.0 Å². The Labute approximate surface area is 119 Å². The standard InChI is InChI=1S/C15H25NO2S/c1-11(2)9-10-19(17)12(3)15(16)13-5-7-14(18-4)8-6-13/h5-8,11-12,15H,9-10,16H2,1-4H3. The molecule has 0 bridgehead atoms. The van der Waals surface area contributed by atoms with Crippen molar-refractivity contribution in [2.45, 2.75) is 38.5 Å². The van der Waals surface area contributed by atoms with Gasteiger partial charge in [0, 0.05) is 22.6 Å². The SMILES string of the molecule is COc1ccc(C(N)C(C)S(=O)CCC(C)C)cc1. The van der Waals surface area contributed by atoms with Gasteiger partial charge < -0.3 is 10.5 Å². The molecule has 0 spiro atoms. The molecule has 0 aromatic heterocycles. The molecule has 1 aromatic rings. The summed E-state index contributed by atoms with van der Waals surface area (Å²) in [6.45, 7) is 6.25. The summed E-state index contributed by atoms with van der Waals surface area (Å²) in [7, 11) is 0.758. The van der Waals surface area contributed by atoms with Crippen molar-refractivity contribution in [1.82, 2.24) is 0 Å². The number of nitrogens with two attached hydrogens (primary N) is 1. The molecule has 3 nitrogen and oxygen atoms in total. The minimum atomic E-state index is -0.879. The van der Waals surface area contributed by atoms with E-state index in [0.717, 1.165) is 23.5 Å². The van der Waals surface area contributed by atoms with Crippen molar-refractivity contribution in [3.8, 4) is 5.75 Å². The molecule has 19 heavy (non-hydrogen) atoms. The quantitative estimate of drug-likeness (QED) is 0.837. The second-order valence-electron chi connectivity index (χ2n) is 5.27. The third-order valence-electron chi connectivity index (χ3n) is 3.32. The van der Waals surface area contributed by atoms with Crippen LogP contribution >= 0.6 is 0 Å². The predicted octanol–water partition coefficient (Wildman–Crippen LogP) is 2.88. The van der Waals surface area contributed by atoms with Crippen LogP contribution in [0.15, 0.2) is 24.3 Å². The largest absolute Gasteiger partial charge is 0.497 e. The Balaban J connectivity index is 2.64. The van der Waals surface area contributed by atoms with Crippen LogP contribution in [-0.4, -0.2) is 22.3 Å². The van der Waals surface area contributed by atoms with Gasteiger partial charge in [0.05, 0.1) is 12.4 Å². The third-order valence-corrected chi connectivity index (χ3v) is 5.08. The molecule has 0 heterocycles. The summed E-state index contributed by atoms with van der Waals surface area (Å²) < 4.78 is 17.3. The van der Waals surface area contributed by atoms with Crippen molar-refractivity contribution < 1.29 is 8.95 Å². The summed E-state index contributed by atoms with van der Waals surface area (Å²) in [5.74, 6) is 2.11. The Morgan fingerprint density at radius 1 is 1.21 bits per heavy atom. The number of ether oxygens (including phenoxy) is 1. The van der Waals surface area contributed by atoms with Gasteiger partial charge in [-0.2, -0.15) is 0 Å². The summed E-state index contributed by atoms with van der Waals surface area (Å²) >= 11 is 0. The maximum absolute atomic E-state index is 12.2. The molecule has 0 saturated carbocycles. The molecular weight excluding hydrogens is 258 g/mol. The molecule has 3 atom stereocenters. The fourth-order valence-electron chi connectivity index (χ4n) is 1.80. The number of benzene rings is 1. The fraction of sp³-hybridized carbons (Fsp3) is 0.600. The molecule has 0 aliphatic carbocycles. The lowest BCUT2D eigenvalue weighted by molar-refractivity contribution is 0.414. The first-order valence-electron chi connectivity index (χ1n) is 6.72. The highest BCUT2D eigenvalue weighted by atomic mass is 32.2. The van der Waals surface area contributed by atoms with Gasteiger partial charge >= 0.3 is 0 Å². The van der Waals surface area contributed by atoms with Gasteiger partial charge in [-0.3, -0.25) is 4.21 Å². The van der Waals surface area contributed by atoms with Crippen LogP contribution in [0.2, 0.25) is 0 Å². The van der Waals surface area contributed by atoms with Crippen molar-refractivity contribution in [2.75, 3.05) is 12.9 Å². The lowest BCUT2D eigenvalue weighted by atomic mass is 10.1. The molecule has 3 unspecified atom stereocenters. The fourth-order valence-corrected chi connectivity index (χ4v) is 3.36. The van der Waals surface area contributed by atoms with E-state index in [4.69, 9.17) is 10.5 Å². The van der Waals surface area contributed by atoms with Crippen molar-refractivity contribution >= 4 is 10.8 Å². The van der Waals surface area contributed by atoms with Crippen LogP contribution in [0.1, 0.15) is 38.8 Å². The monoisotopic (exact) mass is 283 g/mol. The summed E-state index contributed by atoms with van der Waals surface area (Å²) in [6.07, 6.45) is 0.978. The van der Waals surface area contributed by atoms with E-state index in [1.54, 1.807) is 7.11 Å². The Kier molecular flexibility index (Phi) is 6.52. The van der Waals surface area contributed by atoms with Crippen LogP contribution in [0, 0.1) is 5.92 Å². The molecule has 0 radical (unpaired) electrons. The Bertz CT molecular complexity index is 403. The number of methoxy groups -OCH3 is 1. The van der Waals surface area contributed by atoms with Gasteiger partial charge in [0.2, 0.25) is 0 Å². The lowest BCUT2D eigenvalue weighted by Crippen LogP contribution is -2.29. The Hall–Kier alpha value is -0.870. The smallest absolute Gasteiger partial charge is 0.118 e. The van der Waals surface area contributed by atoms with Crippen molar-refractivity contribution in [3.63, 3.8) is 0 Å². The number of hydrogen-bond donors (Lipinski definition) is 1. The normalized spacial score (nSPS) is 16.1. The van der Waals surface area contributed by atoms with Crippen LogP contribution in [0.3, 0.4) is 0 Å². The highest BCUT2D eigenvalue weighted by Gasteiger charge is 2.20. The van der Waals surface area contributed by atoms with Crippen molar-refractivity contribution in [1.29, 1.82) is 0 Å².